The van der Waals surface area contributed by atoms with Crippen LogP contribution in [0.5, 0.6) is 0 Å². The minimum Gasteiger partial charge on any atom is -0.356 e. The van der Waals surface area contributed by atoms with Gasteiger partial charge in [-0.2, -0.15) is 0 Å². The molecule has 2 amide bonds. The number of benzene rings is 1. The number of hydrogen-bond donors (Lipinski definition) is 1. The summed E-state index contributed by atoms with van der Waals surface area (Å²) in [6.45, 7) is 8.69. The van der Waals surface area contributed by atoms with E-state index in [2.05, 4.69) is 5.32 Å². The third-order valence-corrected chi connectivity index (χ3v) is 3.32. The second-order valence-corrected chi connectivity index (χ2v) is 5.04. The molecule has 0 unspecified atom stereocenters. The molecule has 1 N–H and O–H groups in total. The molecule has 0 radical (unpaired) electrons. The molecule has 1 rings (SSSR count). The van der Waals surface area contributed by atoms with Crippen LogP contribution in [0.15, 0.2) is 18.2 Å². The molecule has 0 aliphatic heterocycles. The van der Waals surface area contributed by atoms with Crippen molar-refractivity contribution in [3.05, 3.63) is 29.3 Å². The molecule has 0 aliphatic carbocycles. The summed E-state index contributed by atoms with van der Waals surface area (Å²) in [5, 5.41) is 2.82. The Balaban J connectivity index is 2.72. The van der Waals surface area contributed by atoms with Crippen LogP contribution in [0.3, 0.4) is 0 Å². The zero-order valence-corrected chi connectivity index (χ0v) is 12.8. The summed E-state index contributed by atoms with van der Waals surface area (Å²) in [6, 6.07) is 5.91. The molecule has 4 nitrogen and oxygen atoms in total. The van der Waals surface area contributed by atoms with Gasteiger partial charge >= 0.3 is 0 Å². The van der Waals surface area contributed by atoms with Crippen LogP contribution >= 0.6 is 0 Å². The number of nitrogens with zero attached hydrogens (tertiary/aromatic N) is 1. The van der Waals surface area contributed by atoms with E-state index in [1.54, 1.807) is 4.90 Å². The van der Waals surface area contributed by atoms with E-state index in [9.17, 15) is 9.59 Å². The van der Waals surface area contributed by atoms with Crippen LogP contribution in [0, 0.1) is 13.8 Å². The van der Waals surface area contributed by atoms with E-state index in [0.29, 0.717) is 19.5 Å². The number of rotatable bonds is 6. The minimum absolute atomic E-state index is 0.0121. The number of nitrogens with one attached hydrogen (secondary N) is 1. The summed E-state index contributed by atoms with van der Waals surface area (Å²) in [4.78, 5) is 25.0. The Bertz CT molecular complexity index is 483. The SMILES string of the molecule is CCCNC(=O)CCN(C(C)=O)c1ccc(C)c(C)c1. The van der Waals surface area contributed by atoms with Crippen molar-refractivity contribution >= 4 is 17.5 Å². The van der Waals surface area contributed by atoms with Crippen molar-refractivity contribution in [2.45, 2.75) is 40.5 Å². The maximum atomic E-state index is 11.8. The standard InChI is InChI=1S/C16H24N2O2/c1-5-9-17-16(20)8-10-18(14(4)19)15-7-6-12(2)13(3)11-15/h6-7,11H,5,8-10H2,1-4H3,(H,17,20). The zero-order chi connectivity index (χ0) is 15.1. The van der Waals surface area contributed by atoms with Crippen LogP contribution < -0.4 is 10.2 Å². The number of carbonyl (C=O) groups excluding carboxylic acids is 2. The van der Waals surface area contributed by atoms with Gasteiger partial charge in [-0.15, -0.1) is 0 Å². The molecule has 110 valence electrons. The smallest absolute Gasteiger partial charge is 0.223 e. The molecule has 0 saturated carbocycles. The summed E-state index contributed by atoms with van der Waals surface area (Å²) < 4.78 is 0. The predicted octanol–water partition coefficient (Wildman–Crippen LogP) is 2.57. The van der Waals surface area contributed by atoms with Crippen molar-refractivity contribution in [2.24, 2.45) is 0 Å². The molecule has 1 aromatic carbocycles. The fourth-order valence-corrected chi connectivity index (χ4v) is 1.93. The normalized spacial score (nSPS) is 10.2. The van der Waals surface area contributed by atoms with Crippen molar-refractivity contribution in [3.8, 4) is 0 Å². The van der Waals surface area contributed by atoms with E-state index < -0.39 is 0 Å². The van der Waals surface area contributed by atoms with Gasteiger partial charge in [0, 0.05) is 32.1 Å². The van der Waals surface area contributed by atoms with E-state index in [-0.39, 0.29) is 11.8 Å². The topological polar surface area (TPSA) is 49.4 Å². The molecule has 0 aromatic heterocycles. The van der Waals surface area contributed by atoms with Gasteiger partial charge in [-0.1, -0.05) is 13.0 Å². The molecule has 4 heteroatoms. The van der Waals surface area contributed by atoms with Gasteiger partial charge in [0.1, 0.15) is 0 Å². The number of anilines is 1. The average Bonchev–Trinajstić information content (AvgIpc) is 2.40. The maximum absolute atomic E-state index is 11.8. The lowest BCUT2D eigenvalue weighted by Crippen LogP contribution is -2.34. The zero-order valence-electron chi connectivity index (χ0n) is 12.8. The Kier molecular flexibility index (Phi) is 6.22. The largest absolute Gasteiger partial charge is 0.356 e. The fraction of sp³-hybridized carbons (Fsp3) is 0.500. The van der Waals surface area contributed by atoms with Crippen LogP contribution in [0.2, 0.25) is 0 Å². The van der Waals surface area contributed by atoms with Crippen LogP contribution in [0.1, 0.15) is 37.8 Å². The molecule has 0 atom stereocenters. The first-order valence-electron chi connectivity index (χ1n) is 7.07. The number of aryl methyl sites for hydroxylation is 2. The molecule has 0 saturated heterocycles. The Morgan fingerprint density at radius 2 is 1.90 bits per heavy atom. The second kappa shape index (κ2) is 7.68. The first kappa shape index (κ1) is 16.2. The van der Waals surface area contributed by atoms with Crippen molar-refractivity contribution in [3.63, 3.8) is 0 Å². The molecule has 0 fully saturated rings. The Morgan fingerprint density at radius 3 is 2.45 bits per heavy atom. The van der Waals surface area contributed by atoms with Crippen LogP contribution in [-0.4, -0.2) is 24.9 Å². The van der Waals surface area contributed by atoms with Gasteiger partial charge in [-0.05, 0) is 43.5 Å². The molecular weight excluding hydrogens is 252 g/mol. The van der Waals surface area contributed by atoms with Crippen LogP contribution in [0.25, 0.3) is 0 Å². The lowest BCUT2D eigenvalue weighted by molar-refractivity contribution is -0.121. The van der Waals surface area contributed by atoms with Gasteiger partial charge < -0.3 is 10.2 Å². The summed E-state index contributed by atoms with van der Waals surface area (Å²) >= 11 is 0. The fourth-order valence-electron chi connectivity index (χ4n) is 1.93. The molecule has 0 aliphatic rings. The van der Waals surface area contributed by atoms with Gasteiger partial charge in [-0.25, -0.2) is 0 Å². The van der Waals surface area contributed by atoms with E-state index in [0.717, 1.165) is 17.7 Å². The van der Waals surface area contributed by atoms with E-state index in [1.165, 1.54) is 12.5 Å². The van der Waals surface area contributed by atoms with Crippen molar-refractivity contribution in [1.82, 2.24) is 5.32 Å². The van der Waals surface area contributed by atoms with Crippen LogP contribution in [0.4, 0.5) is 5.69 Å². The third kappa shape index (κ3) is 4.68. The number of amides is 2. The molecule has 20 heavy (non-hydrogen) atoms. The van der Waals surface area contributed by atoms with Crippen molar-refractivity contribution < 1.29 is 9.59 Å². The lowest BCUT2D eigenvalue weighted by atomic mass is 10.1. The van der Waals surface area contributed by atoms with E-state index in [1.807, 2.05) is 39.0 Å². The van der Waals surface area contributed by atoms with Gasteiger partial charge in [0.2, 0.25) is 11.8 Å². The summed E-state index contributed by atoms with van der Waals surface area (Å²) in [7, 11) is 0. The van der Waals surface area contributed by atoms with Crippen molar-refractivity contribution in [1.29, 1.82) is 0 Å². The molecule has 0 bridgehead atoms. The van der Waals surface area contributed by atoms with Gasteiger partial charge in [0.15, 0.2) is 0 Å². The average molecular weight is 276 g/mol. The first-order valence-corrected chi connectivity index (χ1v) is 7.07. The molecule has 0 heterocycles. The van der Waals surface area contributed by atoms with E-state index in [4.69, 9.17) is 0 Å². The van der Waals surface area contributed by atoms with Crippen LogP contribution in [-0.2, 0) is 9.59 Å². The number of hydrogen-bond acceptors (Lipinski definition) is 2. The second-order valence-electron chi connectivity index (χ2n) is 5.04. The first-order chi connectivity index (χ1) is 9.45. The van der Waals surface area contributed by atoms with Gasteiger partial charge in [0.05, 0.1) is 0 Å². The summed E-state index contributed by atoms with van der Waals surface area (Å²) in [6.07, 6.45) is 1.24. The maximum Gasteiger partial charge on any atom is 0.223 e. The Hall–Kier alpha value is -1.84. The third-order valence-electron chi connectivity index (χ3n) is 3.32. The molecule has 0 spiro atoms. The van der Waals surface area contributed by atoms with Crippen molar-refractivity contribution in [2.75, 3.05) is 18.0 Å². The predicted molar refractivity (Wildman–Crippen MR) is 81.9 cm³/mol. The number of carbonyl (C=O) groups is 2. The highest BCUT2D eigenvalue weighted by atomic mass is 16.2. The highest BCUT2D eigenvalue weighted by Gasteiger charge is 2.13. The van der Waals surface area contributed by atoms with Gasteiger partial charge in [0.25, 0.3) is 0 Å². The monoisotopic (exact) mass is 276 g/mol. The summed E-state index contributed by atoms with van der Waals surface area (Å²) in [5.41, 5.74) is 3.19. The highest BCUT2D eigenvalue weighted by Crippen LogP contribution is 2.19. The van der Waals surface area contributed by atoms with E-state index >= 15 is 0 Å². The molecule has 1 aromatic rings. The Morgan fingerprint density at radius 1 is 1.20 bits per heavy atom. The highest BCUT2D eigenvalue weighted by molar-refractivity contribution is 5.92. The quantitative estimate of drug-likeness (QED) is 0.868. The summed E-state index contributed by atoms with van der Waals surface area (Å²) in [5.74, 6) is -0.0570. The minimum atomic E-state index is -0.0449. The molecular formula is C16H24N2O2. The lowest BCUT2D eigenvalue weighted by Gasteiger charge is -2.22. The Labute approximate surface area is 121 Å². The van der Waals surface area contributed by atoms with Gasteiger partial charge in [-0.3, -0.25) is 9.59 Å².